The number of thioether (sulfide) groups is 1. The van der Waals surface area contributed by atoms with Crippen LogP contribution in [0.1, 0.15) is 26.7 Å². The Labute approximate surface area is 115 Å². The van der Waals surface area contributed by atoms with Crippen molar-refractivity contribution in [1.29, 1.82) is 0 Å². The van der Waals surface area contributed by atoms with Gasteiger partial charge in [0.05, 0.1) is 23.8 Å². The molecule has 18 heavy (non-hydrogen) atoms. The molecule has 0 radical (unpaired) electrons. The molecule has 3 nitrogen and oxygen atoms in total. The van der Waals surface area contributed by atoms with Crippen molar-refractivity contribution in [3.8, 4) is 0 Å². The summed E-state index contributed by atoms with van der Waals surface area (Å²) < 4.78 is 0. The summed E-state index contributed by atoms with van der Waals surface area (Å²) in [6, 6.07) is 2.76. The molecule has 1 aromatic heterocycles. The van der Waals surface area contributed by atoms with Crippen LogP contribution in [0.3, 0.4) is 0 Å². The summed E-state index contributed by atoms with van der Waals surface area (Å²) in [5, 5.41) is 3.38. The van der Waals surface area contributed by atoms with Crippen LogP contribution in [0, 0.1) is 0 Å². The van der Waals surface area contributed by atoms with Gasteiger partial charge in [-0.05, 0) is 25.2 Å². The maximum Gasteiger partial charge on any atom is 0.0573 e. The Hall–Kier alpha value is -0.900. The summed E-state index contributed by atoms with van der Waals surface area (Å²) in [5.41, 5.74) is 2.30. The van der Waals surface area contributed by atoms with Crippen molar-refractivity contribution in [1.82, 2.24) is 4.98 Å². The van der Waals surface area contributed by atoms with Gasteiger partial charge in [-0.25, -0.2) is 0 Å². The molecule has 1 unspecified atom stereocenters. The Morgan fingerprint density at radius 1 is 1.39 bits per heavy atom. The van der Waals surface area contributed by atoms with E-state index < -0.39 is 0 Å². The van der Waals surface area contributed by atoms with Crippen molar-refractivity contribution in [2.24, 2.45) is 0 Å². The standard InChI is InChI=1S/C14H25N3S/c1-5-7-16-12-8-14(10-15-9-12)17(3)13(6-2)11-18-4/h8-10,13,16H,5-7,11H2,1-4H3. The molecule has 0 aliphatic carbocycles. The quantitative estimate of drug-likeness (QED) is 0.780. The molecule has 0 saturated carbocycles. The van der Waals surface area contributed by atoms with E-state index in [1.54, 1.807) is 0 Å². The average molecular weight is 267 g/mol. The molecule has 0 aliphatic rings. The number of nitrogens with zero attached hydrogens (tertiary/aromatic N) is 2. The maximum absolute atomic E-state index is 4.32. The minimum Gasteiger partial charge on any atom is -0.384 e. The SMILES string of the molecule is CCCNc1cncc(N(C)C(CC)CSC)c1. The second kappa shape index (κ2) is 8.25. The van der Waals surface area contributed by atoms with Gasteiger partial charge in [0.2, 0.25) is 0 Å². The van der Waals surface area contributed by atoms with E-state index in [9.17, 15) is 0 Å². The Kier molecular flexibility index (Phi) is 6.94. The van der Waals surface area contributed by atoms with E-state index in [1.807, 2.05) is 24.2 Å². The molecule has 0 amide bonds. The topological polar surface area (TPSA) is 28.2 Å². The molecule has 1 heterocycles. The van der Waals surface area contributed by atoms with Gasteiger partial charge in [0.15, 0.2) is 0 Å². The molecular weight excluding hydrogens is 242 g/mol. The lowest BCUT2D eigenvalue weighted by Gasteiger charge is -2.28. The molecule has 1 aromatic rings. The van der Waals surface area contributed by atoms with Gasteiger partial charge in [-0.2, -0.15) is 11.8 Å². The van der Waals surface area contributed by atoms with Crippen LogP contribution in [0.15, 0.2) is 18.5 Å². The van der Waals surface area contributed by atoms with Gasteiger partial charge in [0, 0.05) is 25.4 Å². The first-order chi connectivity index (χ1) is 8.72. The smallest absolute Gasteiger partial charge is 0.0573 e. The summed E-state index contributed by atoms with van der Waals surface area (Å²) >= 11 is 1.90. The minimum atomic E-state index is 0.572. The molecule has 0 saturated heterocycles. The average Bonchev–Trinajstić information content (AvgIpc) is 2.42. The summed E-state index contributed by atoms with van der Waals surface area (Å²) in [5.74, 6) is 1.15. The summed E-state index contributed by atoms with van der Waals surface area (Å²) in [4.78, 5) is 6.66. The summed E-state index contributed by atoms with van der Waals surface area (Å²) in [6.45, 7) is 5.41. The fourth-order valence-electron chi connectivity index (χ4n) is 1.89. The third kappa shape index (κ3) is 4.41. The fraction of sp³-hybridized carbons (Fsp3) is 0.643. The molecule has 0 fully saturated rings. The first-order valence-electron chi connectivity index (χ1n) is 6.63. The van der Waals surface area contributed by atoms with Crippen LogP contribution in [-0.2, 0) is 0 Å². The zero-order valence-electron chi connectivity index (χ0n) is 11.9. The van der Waals surface area contributed by atoms with Gasteiger partial charge in [0.25, 0.3) is 0 Å². The van der Waals surface area contributed by atoms with Gasteiger partial charge >= 0.3 is 0 Å². The highest BCUT2D eigenvalue weighted by molar-refractivity contribution is 7.98. The van der Waals surface area contributed by atoms with Gasteiger partial charge in [-0.3, -0.25) is 4.98 Å². The van der Waals surface area contributed by atoms with Crippen LogP contribution in [0.4, 0.5) is 11.4 Å². The first kappa shape index (κ1) is 15.2. The largest absolute Gasteiger partial charge is 0.384 e. The molecular formula is C14H25N3S. The minimum absolute atomic E-state index is 0.572. The highest BCUT2D eigenvalue weighted by atomic mass is 32.2. The van der Waals surface area contributed by atoms with Crippen molar-refractivity contribution < 1.29 is 0 Å². The number of hydrogen-bond donors (Lipinski definition) is 1. The van der Waals surface area contributed by atoms with Crippen LogP contribution in [0.2, 0.25) is 0 Å². The third-order valence-electron chi connectivity index (χ3n) is 3.09. The molecule has 0 aromatic carbocycles. The van der Waals surface area contributed by atoms with Gasteiger partial charge < -0.3 is 10.2 Å². The molecule has 1 N–H and O–H groups in total. The van der Waals surface area contributed by atoms with E-state index in [0.717, 1.165) is 30.8 Å². The van der Waals surface area contributed by atoms with E-state index in [4.69, 9.17) is 0 Å². The zero-order chi connectivity index (χ0) is 13.4. The Balaban J connectivity index is 2.74. The van der Waals surface area contributed by atoms with E-state index in [1.165, 1.54) is 5.69 Å². The molecule has 0 bridgehead atoms. The molecule has 1 atom stereocenters. The number of hydrogen-bond acceptors (Lipinski definition) is 4. The monoisotopic (exact) mass is 267 g/mol. The van der Waals surface area contributed by atoms with Crippen LogP contribution >= 0.6 is 11.8 Å². The maximum atomic E-state index is 4.32. The van der Waals surface area contributed by atoms with Gasteiger partial charge in [-0.15, -0.1) is 0 Å². The van der Waals surface area contributed by atoms with E-state index in [2.05, 4.69) is 48.4 Å². The van der Waals surface area contributed by atoms with E-state index >= 15 is 0 Å². The van der Waals surface area contributed by atoms with Crippen molar-refractivity contribution >= 4 is 23.1 Å². The fourth-order valence-corrected chi connectivity index (χ4v) is 2.74. The van der Waals surface area contributed by atoms with Crippen LogP contribution in [0.25, 0.3) is 0 Å². The number of pyridine rings is 1. The second-order valence-corrected chi connectivity index (χ2v) is 5.40. The lowest BCUT2D eigenvalue weighted by Crippen LogP contribution is -2.33. The van der Waals surface area contributed by atoms with Gasteiger partial charge in [-0.1, -0.05) is 13.8 Å². The van der Waals surface area contributed by atoms with E-state index in [-0.39, 0.29) is 0 Å². The highest BCUT2D eigenvalue weighted by Crippen LogP contribution is 2.21. The Morgan fingerprint density at radius 3 is 2.78 bits per heavy atom. The van der Waals surface area contributed by atoms with Crippen molar-refractivity contribution in [2.75, 3.05) is 35.8 Å². The van der Waals surface area contributed by atoms with Crippen molar-refractivity contribution in [3.63, 3.8) is 0 Å². The molecule has 4 heteroatoms. The third-order valence-corrected chi connectivity index (χ3v) is 3.81. The van der Waals surface area contributed by atoms with Crippen LogP contribution in [0.5, 0.6) is 0 Å². The summed E-state index contributed by atoms with van der Waals surface area (Å²) in [6.07, 6.45) is 8.28. The highest BCUT2D eigenvalue weighted by Gasteiger charge is 2.13. The molecule has 1 rings (SSSR count). The van der Waals surface area contributed by atoms with E-state index in [0.29, 0.717) is 6.04 Å². The van der Waals surface area contributed by atoms with Crippen molar-refractivity contribution in [2.45, 2.75) is 32.7 Å². The van der Waals surface area contributed by atoms with Crippen molar-refractivity contribution in [3.05, 3.63) is 18.5 Å². The number of rotatable bonds is 8. The summed E-state index contributed by atoms with van der Waals surface area (Å²) in [7, 11) is 2.16. The molecule has 102 valence electrons. The molecule has 0 spiro atoms. The Bertz CT molecular complexity index is 344. The lowest BCUT2D eigenvalue weighted by atomic mass is 10.2. The number of nitrogens with one attached hydrogen (secondary N) is 1. The normalized spacial score (nSPS) is 12.2. The van der Waals surface area contributed by atoms with Crippen LogP contribution in [-0.4, -0.2) is 36.6 Å². The lowest BCUT2D eigenvalue weighted by molar-refractivity contribution is 0.672. The number of anilines is 2. The predicted octanol–water partition coefficient (Wildman–Crippen LogP) is 3.48. The second-order valence-electron chi connectivity index (χ2n) is 4.49. The zero-order valence-corrected chi connectivity index (χ0v) is 12.8. The number of aromatic nitrogens is 1. The molecule has 0 aliphatic heterocycles. The first-order valence-corrected chi connectivity index (χ1v) is 8.03. The Morgan fingerprint density at radius 2 is 2.17 bits per heavy atom. The van der Waals surface area contributed by atoms with Gasteiger partial charge in [0.1, 0.15) is 0 Å². The van der Waals surface area contributed by atoms with Crippen LogP contribution < -0.4 is 10.2 Å². The predicted molar refractivity (Wildman–Crippen MR) is 83.9 cm³/mol.